The Balaban J connectivity index is 1.42. The molecule has 4 atom stereocenters. The maximum absolute atomic E-state index is 15.2. The van der Waals surface area contributed by atoms with Gasteiger partial charge in [-0.1, -0.05) is 23.7 Å². The van der Waals surface area contributed by atoms with E-state index in [0.717, 1.165) is 12.6 Å². The molecule has 16 heteroatoms. The van der Waals surface area contributed by atoms with Gasteiger partial charge in [0.15, 0.2) is 0 Å². The number of piperazine rings is 1. The van der Waals surface area contributed by atoms with Gasteiger partial charge in [-0.15, -0.1) is 0 Å². The summed E-state index contributed by atoms with van der Waals surface area (Å²) in [7, 11) is -3.49. The van der Waals surface area contributed by atoms with Gasteiger partial charge < -0.3 is 21.1 Å². The highest BCUT2D eigenvalue weighted by molar-refractivity contribution is 7.89. The molecule has 10 nitrogen and oxygen atoms in total. The van der Waals surface area contributed by atoms with Crippen molar-refractivity contribution in [3.8, 4) is 0 Å². The van der Waals surface area contributed by atoms with Crippen LogP contribution in [0.25, 0.3) is 0 Å². The van der Waals surface area contributed by atoms with Crippen molar-refractivity contribution in [2.45, 2.75) is 81.1 Å². The molecule has 3 heterocycles. The summed E-state index contributed by atoms with van der Waals surface area (Å²) < 4.78 is 83.4. The SMILES string of the molecule is O=C(O)N[C@H](C(=O)Nc1cncc(F)c1CC[C@H]1CN[C@@H]2CCCS(=O)(=O)N1C2)[C@]1(c2ccc(Cl)cc2)CC[C@H](C(F)(F)F)CC1. The van der Waals surface area contributed by atoms with E-state index in [-0.39, 0.29) is 61.6 Å². The number of aromatic nitrogens is 1. The lowest BCUT2D eigenvalue weighted by atomic mass is 9.62. The summed E-state index contributed by atoms with van der Waals surface area (Å²) in [4.78, 5) is 29.8. The zero-order chi connectivity index (χ0) is 33.3. The van der Waals surface area contributed by atoms with Crippen molar-refractivity contribution < 1.29 is 40.7 Å². The second-order valence-corrected chi connectivity index (χ2v) is 14.8. The van der Waals surface area contributed by atoms with Crippen molar-refractivity contribution in [3.63, 3.8) is 0 Å². The minimum absolute atomic E-state index is 0.0274. The number of pyridine rings is 1. The Kier molecular flexibility index (Phi) is 10.2. The molecule has 4 N–H and O–H groups in total. The van der Waals surface area contributed by atoms with Crippen LogP contribution in [0.5, 0.6) is 0 Å². The summed E-state index contributed by atoms with van der Waals surface area (Å²) in [6.07, 6.45) is -3.30. The Bertz CT molecular complexity index is 1540. The van der Waals surface area contributed by atoms with Crippen molar-refractivity contribution in [2.24, 2.45) is 5.92 Å². The largest absolute Gasteiger partial charge is 0.465 e. The van der Waals surface area contributed by atoms with Crippen molar-refractivity contribution in [2.75, 3.05) is 24.2 Å². The second kappa shape index (κ2) is 13.6. The molecule has 2 aromatic rings. The van der Waals surface area contributed by atoms with E-state index in [1.54, 1.807) is 12.1 Å². The molecule has 3 fully saturated rings. The Morgan fingerprint density at radius 3 is 2.50 bits per heavy atom. The summed E-state index contributed by atoms with van der Waals surface area (Å²) in [6.45, 7) is 0.700. The van der Waals surface area contributed by atoms with E-state index in [0.29, 0.717) is 30.1 Å². The van der Waals surface area contributed by atoms with Crippen molar-refractivity contribution in [1.29, 1.82) is 0 Å². The molecule has 0 spiro atoms. The van der Waals surface area contributed by atoms with Crippen LogP contribution in [0.3, 0.4) is 0 Å². The first-order valence-corrected chi connectivity index (χ1v) is 17.2. The molecule has 1 unspecified atom stereocenters. The van der Waals surface area contributed by atoms with Crippen LogP contribution in [0, 0.1) is 11.7 Å². The monoisotopic (exact) mass is 689 g/mol. The molecule has 1 aromatic carbocycles. The molecule has 5 rings (SSSR count). The number of rotatable bonds is 8. The van der Waals surface area contributed by atoms with Crippen molar-refractivity contribution >= 4 is 39.3 Å². The van der Waals surface area contributed by atoms with Gasteiger partial charge in [0.05, 0.1) is 29.8 Å². The smallest absolute Gasteiger partial charge is 0.405 e. The van der Waals surface area contributed by atoms with Gasteiger partial charge in [-0.25, -0.2) is 17.6 Å². The Morgan fingerprint density at radius 1 is 1.15 bits per heavy atom. The Labute approximate surface area is 269 Å². The topological polar surface area (TPSA) is 141 Å². The van der Waals surface area contributed by atoms with Gasteiger partial charge in [0, 0.05) is 41.2 Å². The van der Waals surface area contributed by atoms with Crippen LogP contribution in [0.1, 0.15) is 56.1 Å². The van der Waals surface area contributed by atoms with Crippen LogP contribution < -0.4 is 16.0 Å². The molecule has 2 bridgehead atoms. The van der Waals surface area contributed by atoms with E-state index < -0.39 is 57.4 Å². The summed E-state index contributed by atoms with van der Waals surface area (Å²) >= 11 is 6.06. The van der Waals surface area contributed by atoms with Crippen molar-refractivity contribution in [3.05, 3.63) is 58.6 Å². The number of anilines is 1. The third-order valence-corrected chi connectivity index (χ3v) is 11.8. The quantitative estimate of drug-likeness (QED) is 0.291. The predicted molar refractivity (Wildman–Crippen MR) is 163 cm³/mol. The lowest BCUT2D eigenvalue weighted by molar-refractivity contribution is -0.185. The third kappa shape index (κ3) is 7.42. The highest BCUT2D eigenvalue weighted by Gasteiger charge is 2.52. The minimum Gasteiger partial charge on any atom is -0.465 e. The normalized spacial score (nSPS) is 28.5. The number of fused-ring (bicyclic) bond motifs is 2. The second-order valence-electron chi connectivity index (χ2n) is 12.3. The molecule has 2 amide bonds. The molecule has 1 saturated carbocycles. The van der Waals surface area contributed by atoms with Crippen molar-refractivity contribution in [1.82, 2.24) is 19.9 Å². The van der Waals surface area contributed by atoms with Gasteiger partial charge in [-0.2, -0.15) is 17.5 Å². The number of amides is 2. The van der Waals surface area contributed by atoms with Crippen LogP contribution in [-0.4, -0.2) is 78.0 Å². The van der Waals surface area contributed by atoms with E-state index >= 15 is 4.39 Å². The van der Waals surface area contributed by atoms with Crippen LogP contribution in [-0.2, 0) is 26.7 Å². The average molecular weight is 690 g/mol. The number of hydrogen-bond donors (Lipinski definition) is 4. The van der Waals surface area contributed by atoms with E-state index in [1.807, 2.05) is 0 Å². The molecule has 46 heavy (non-hydrogen) atoms. The molecule has 2 saturated heterocycles. The van der Waals surface area contributed by atoms with Gasteiger partial charge >= 0.3 is 12.3 Å². The lowest BCUT2D eigenvalue weighted by Gasteiger charge is -2.45. The number of nitrogens with one attached hydrogen (secondary N) is 3. The fraction of sp³-hybridized carbons (Fsp3) is 0.567. The Morgan fingerprint density at radius 2 is 1.85 bits per heavy atom. The molecule has 1 aliphatic carbocycles. The van der Waals surface area contributed by atoms with E-state index in [4.69, 9.17) is 11.6 Å². The number of carbonyl (C=O) groups excluding carboxylic acids is 1. The molecule has 3 aliphatic rings. The summed E-state index contributed by atoms with van der Waals surface area (Å²) in [5.41, 5.74) is -0.932. The van der Waals surface area contributed by atoms with Gasteiger partial charge in [-0.05, 0) is 69.1 Å². The summed E-state index contributed by atoms with van der Waals surface area (Å²) in [5, 5.41) is 18.3. The molecule has 0 radical (unpaired) electrons. The van der Waals surface area contributed by atoms with Crippen LogP contribution in [0.2, 0.25) is 5.02 Å². The number of hydrogen-bond acceptors (Lipinski definition) is 6. The first-order valence-electron chi connectivity index (χ1n) is 15.2. The number of nitrogens with zero attached hydrogens (tertiary/aromatic N) is 2. The molecule has 252 valence electrons. The fourth-order valence-electron chi connectivity index (χ4n) is 7.15. The highest BCUT2D eigenvalue weighted by Crippen LogP contribution is 2.49. The third-order valence-electron chi connectivity index (χ3n) is 9.59. The molecular weight excluding hydrogens is 654 g/mol. The number of alkyl halides is 3. The van der Waals surface area contributed by atoms with Gasteiger partial charge in [0.25, 0.3) is 0 Å². The van der Waals surface area contributed by atoms with Gasteiger partial charge in [-0.3, -0.25) is 9.78 Å². The molecule has 2 aliphatic heterocycles. The van der Waals surface area contributed by atoms with Gasteiger partial charge in [0.1, 0.15) is 11.9 Å². The standard InChI is InChI=1S/C30H36ClF4N5O5S/c31-20-5-3-18(4-6-20)29(11-9-19(10-12-29)30(33,34)35)26(39-28(42)43)27(41)38-25-16-36-15-24(32)23(25)8-7-22-14-37-21-2-1-13-46(44,45)40(22)17-21/h3-6,15-16,19,21-22,26,37,39H,1-2,7-14,17H2,(H,38,41)(H,42,43)/t19-,21-,22+,26-,29+/m1/s1. The van der Waals surface area contributed by atoms with E-state index in [1.165, 1.54) is 22.6 Å². The lowest BCUT2D eigenvalue weighted by Crippen LogP contribution is -2.58. The molecule has 1 aromatic heterocycles. The maximum atomic E-state index is 15.2. The minimum atomic E-state index is -4.45. The zero-order valence-electron chi connectivity index (χ0n) is 24.8. The number of sulfonamides is 1. The first-order chi connectivity index (χ1) is 21.7. The van der Waals surface area contributed by atoms with Gasteiger partial charge in [0.2, 0.25) is 15.9 Å². The summed E-state index contributed by atoms with van der Waals surface area (Å²) in [5.74, 6) is -3.23. The van der Waals surface area contributed by atoms with E-state index in [2.05, 4.69) is 20.9 Å². The van der Waals surface area contributed by atoms with Crippen LogP contribution in [0.4, 0.5) is 28.0 Å². The average Bonchev–Trinajstić information content (AvgIpc) is 3.11. The van der Waals surface area contributed by atoms with E-state index in [9.17, 15) is 36.3 Å². The first kappa shape index (κ1) is 34.3. The van der Waals surface area contributed by atoms with Crippen LogP contribution in [0.15, 0.2) is 36.7 Å². The number of halogens is 5. The number of carboxylic acid groups (broad SMARTS) is 1. The maximum Gasteiger partial charge on any atom is 0.405 e. The number of benzene rings is 1. The zero-order valence-corrected chi connectivity index (χ0v) is 26.4. The predicted octanol–water partition coefficient (Wildman–Crippen LogP) is 4.84. The number of carbonyl (C=O) groups is 2. The molecular formula is C30H36ClF4N5O5S. The summed E-state index contributed by atoms with van der Waals surface area (Å²) in [6, 6.07) is 4.20. The fourth-order valence-corrected chi connectivity index (χ4v) is 9.08. The highest BCUT2D eigenvalue weighted by atomic mass is 35.5. The Hall–Kier alpha value is -3.01. The van der Waals surface area contributed by atoms with Crippen LogP contribution >= 0.6 is 11.6 Å².